The monoisotopic (exact) mass is 277 g/mol. The summed E-state index contributed by atoms with van der Waals surface area (Å²) in [6, 6.07) is 8.55. The molecule has 0 aliphatic rings. The van der Waals surface area contributed by atoms with Crippen molar-refractivity contribution in [2.45, 2.75) is 12.6 Å². The second-order valence-corrected chi connectivity index (χ2v) is 4.28. The molecule has 1 heterocycles. The first-order valence-corrected chi connectivity index (χ1v) is 6.03. The van der Waals surface area contributed by atoms with Crippen molar-refractivity contribution in [3.63, 3.8) is 0 Å². The zero-order valence-corrected chi connectivity index (χ0v) is 10.7. The Morgan fingerprint density at radius 2 is 2.16 bits per heavy atom. The highest BCUT2D eigenvalue weighted by Gasteiger charge is 2.14. The molecular weight excluding hydrogens is 266 g/mol. The van der Waals surface area contributed by atoms with Gasteiger partial charge in [-0.25, -0.2) is 4.68 Å². The average Bonchev–Trinajstić information content (AvgIpc) is 2.87. The van der Waals surface area contributed by atoms with Crippen LogP contribution in [0.4, 0.5) is 5.69 Å². The van der Waals surface area contributed by atoms with Gasteiger partial charge in [0, 0.05) is 10.7 Å². The standard InChI is InChI=1S/C12H12ClN5O/c13-9-1-3-10(4-2-9)15-11(7-14)12-8-18(5-6-19)17-16-12/h1-4,8,11,15,19H,5-6H2. The minimum absolute atomic E-state index is 0.0232. The van der Waals surface area contributed by atoms with Crippen molar-refractivity contribution in [1.82, 2.24) is 15.0 Å². The molecule has 0 aliphatic heterocycles. The minimum atomic E-state index is -0.603. The van der Waals surface area contributed by atoms with E-state index in [2.05, 4.69) is 21.7 Å². The third-order valence-corrected chi connectivity index (χ3v) is 2.72. The number of hydrogen-bond acceptors (Lipinski definition) is 5. The van der Waals surface area contributed by atoms with Crippen LogP contribution in [-0.4, -0.2) is 26.7 Å². The summed E-state index contributed by atoms with van der Waals surface area (Å²) in [6.45, 7) is 0.330. The second-order valence-electron chi connectivity index (χ2n) is 3.84. The van der Waals surface area contributed by atoms with Gasteiger partial charge in [0.2, 0.25) is 0 Å². The van der Waals surface area contributed by atoms with Crippen molar-refractivity contribution in [2.24, 2.45) is 0 Å². The Balaban J connectivity index is 2.11. The van der Waals surface area contributed by atoms with Crippen LogP contribution >= 0.6 is 11.6 Å². The molecule has 2 N–H and O–H groups in total. The summed E-state index contributed by atoms with van der Waals surface area (Å²) in [4.78, 5) is 0. The minimum Gasteiger partial charge on any atom is -0.394 e. The number of nitrogens with zero attached hydrogens (tertiary/aromatic N) is 4. The molecule has 1 aromatic carbocycles. The Hall–Kier alpha value is -2.10. The summed E-state index contributed by atoms with van der Waals surface area (Å²) < 4.78 is 1.49. The molecule has 0 amide bonds. The summed E-state index contributed by atoms with van der Waals surface area (Å²) >= 11 is 5.80. The molecule has 0 fully saturated rings. The van der Waals surface area contributed by atoms with E-state index < -0.39 is 6.04 Å². The molecule has 1 atom stereocenters. The Labute approximate surface area is 115 Å². The molecule has 2 rings (SSSR count). The number of aliphatic hydroxyl groups excluding tert-OH is 1. The third-order valence-electron chi connectivity index (χ3n) is 2.47. The number of aromatic nitrogens is 3. The number of halogens is 1. The van der Waals surface area contributed by atoms with Crippen LogP contribution in [0.25, 0.3) is 0 Å². The van der Waals surface area contributed by atoms with Gasteiger partial charge in [-0.05, 0) is 24.3 Å². The van der Waals surface area contributed by atoms with Gasteiger partial charge in [-0.3, -0.25) is 0 Å². The zero-order chi connectivity index (χ0) is 13.7. The van der Waals surface area contributed by atoms with Crippen LogP contribution in [0.15, 0.2) is 30.5 Å². The quantitative estimate of drug-likeness (QED) is 0.867. The van der Waals surface area contributed by atoms with E-state index in [4.69, 9.17) is 22.0 Å². The number of nitriles is 1. The van der Waals surface area contributed by atoms with Gasteiger partial charge in [0.25, 0.3) is 0 Å². The highest BCUT2D eigenvalue weighted by atomic mass is 35.5. The molecule has 1 unspecified atom stereocenters. The molecule has 0 bridgehead atoms. The van der Waals surface area contributed by atoms with Gasteiger partial charge in [0.05, 0.1) is 25.4 Å². The summed E-state index contributed by atoms with van der Waals surface area (Å²) in [5.74, 6) is 0. The maximum Gasteiger partial charge on any atom is 0.160 e. The molecule has 6 nitrogen and oxygen atoms in total. The normalized spacial score (nSPS) is 11.8. The molecule has 19 heavy (non-hydrogen) atoms. The van der Waals surface area contributed by atoms with E-state index >= 15 is 0 Å². The maximum absolute atomic E-state index is 9.17. The number of anilines is 1. The highest BCUT2D eigenvalue weighted by molar-refractivity contribution is 6.30. The Kier molecular flexibility index (Phi) is 4.34. The first kappa shape index (κ1) is 13.3. The van der Waals surface area contributed by atoms with Crippen LogP contribution in [0.1, 0.15) is 11.7 Å². The average molecular weight is 278 g/mol. The number of aliphatic hydroxyl groups is 1. The SMILES string of the molecule is N#CC(Nc1ccc(Cl)cc1)c1cn(CCO)nn1. The van der Waals surface area contributed by atoms with Crippen molar-refractivity contribution in [2.75, 3.05) is 11.9 Å². The molecule has 0 aliphatic carbocycles. The van der Waals surface area contributed by atoms with Crippen LogP contribution in [0.2, 0.25) is 5.02 Å². The van der Waals surface area contributed by atoms with Gasteiger partial charge in [-0.2, -0.15) is 5.26 Å². The topological polar surface area (TPSA) is 86.8 Å². The van der Waals surface area contributed by atoms with Gasteiger partial charge in [-0.1, -0.05) is 16.8 Å². The molecule has 0 saturated heterocycles. The first-order chi connectivity index (χ1) is 9.22. The van der Waals surface area contributed by atoms with Gasteiger partial charge in [-0.15, -0.1) is 5.10 Å². The predicted molar refractivity (Wildman–Crippen MR) is 70.5 cm³/mol. The molecule has 0 spiro atoms. The molecule has 7 heteroatoms. The zero-order valence-electron chi connectivity index (χ0n) is 9.99. The molecule has 0 radical (unpaired) electrons. The molecular formula is C12H12ClN5O. The predicted octanol–water partition coefficient (Wildman–Crippen LogP) is 1.60. The molecule has 2 aromatic rings. The maximum atomic E-state index is 9.17. The summed E-state index contributed by atoms with van der Waals surface area (Å²) in [7, 11) is 0. The smallest absolute Gasteiger partial charge is 0.160 e. The van der Waals surface area contributed by atoms with Crippen LogP contribution in [-0.2, 0) is 6.54 Å². The largest absolute Gasteiger partial charge is 0.394 e. The lowest BCUT2D eigenvalue weighted by molar-refractivity contribution is 0.268. The van der Waals surface area contributed by atoms with E-state index in [9.17, 15) is 0 Å². The van der Waals surface area contributed by atoms with Gasteiger partial charge >= 0.3 is 0 Å². The second kappa shape index (κ2) is 6.18. The molecule has 1 aromatic heterocycles. The van der Waals surface area contributed by atoms with Crippen LogP contribution in [0.3, 0.4) is 0 Å². The fourth-order valence-electron chi connectivity index (χ4n) is 1.54. The van der Waals surface area contributed by atoms with E-state index in [-0.39, 0.29) is 6.61 Å². The van der Waals surface area contributed by atoms with E-state index in [1.165, 1.54) is 4.68 Å². The van der Waals surface area contributed by atoms with Crippen LogP contribution in [0, 0.1) is 11.3 Å². The fraction of sp³-hybridized carbons (Fsp3) is 0.250. The number of hydrogen-bond donors (Lipinski definition) is 2. The van der Waals surface area contributed by atoms with Crippen molar-refractivity contribution >= 4 is 17.3 Å². The Bertz CT molecular complexity index is 575. The molecule has 0 saturated carbocycles. The lowest BCUT2D eigenvalue weighted by Crippen LogP contribution is -2.09. The summed E-state index contributed by atoms with van der Waals surface area (Å²) in [5, 5.41) is 29.4. The van der Waals surface area contributed by atoms with Crippen molar-refractivity contribution < 1.29 is 5.11 Å². The van der Waals surface area contributed by atoms with E-state index in [0.29, 0.717) is 17.3 Å². The lowest BCUT2D eigenvalue weighted by atomic mass is 10.2. The first-order valence-electron chi connectivity index (χ1n) is 5.65. The van der Waals surface area contributed by atoms with Gasteiger partial charge in [0.1, 0.15) is 5.69 Å². The van der Waals surface area contributed by atoms with E-state index in [1.807, 2.05) is 0 Å². The van der Waals surface area contributed by atoms with E-state index in [0.717, 1.165) is 5.69 Å². The lowest BCUT2D eigenvalue weighted by Gasteiger charge is -2.09. The Morgan fingerprint density at radius 3 is 2.79 bits per heavy atom. The van der Waals surface area contributed by atoms with Gasteiger partial charge in [0.15, 0.2) is 6.04 Å². The van der Waals surface area contributed by atoms with Crippen molar-refractivity contribution in [3.05, 3.63) is 41.2 Å². The van der Waals surface area contributed by atoms with Crippen LogP contribution in [0.5, 0.6) is 0 Å². The highest BCUT2D eigenvalue weighted by Crippen LogP contribution is 2.19. The Morgan fingerprint density at radius 1 is 1.42 bits per heavy atom. The number of rotatable bonds is 5. The van der Waals surface area contributed by atoms with Crippen molar-refractivity contribution in [1.29, 1.82) is 5.26 Å². The van der Waals surface area contributed by atoms with E-state index in [1.54, 1.807) is 30.5 Å². The van der Waals surface area contributed by atoms with Gasteiger partial charge < -0.3 is 10.4 Å². The summed E-state index contributed by atoms with van der Waals surface area (Å²) in [6.07, 6.45) is 1.63. The summed E-state index contributed by atoms with van der Waals surface area (Å²) in [5.41, 5.74) is 1.28. The van der Waals surface area contributed by atoms with Crippen molar-refractivity contribution in [3.8, 4) is 6.07 Å². The number of nitrogens with one attached hydrogen (secondary N) is 1. The van der Waals surface area contributed by atoms with Crippen LogP contribution < -0.4 is 5.32 Å². The fourth-order valence-corrected chi connectivity index (χ4v) is 1.67. The number of benzene rings is 1. The third kappa shape index (κ3) is 3.44. The molecule has 98 valence electrons.